The largest absolute Gasteiger partial charge is 0.495 e. The zero-order chi connectivity index (χ0) is 22.9. The van der Waals surface area contributed by atoms with E-state index in [2.05, 4.69) is 27.0 Å². The number of nitrogens with zero attached hydrogens (tertiary/aromatic N) is 6. The number of methoxy groups -OCH3 is 1. The first-order chi connectivity index (χ1) is 15.9. The first-order valence-electron chi connectivity index (χ1n) is 10.7. The number of hydrogen-bond donors (Lipinski definition) is 1. The van der Waals surface area contributed by atoms with Gasteiger partial charge in [0, 0.05) is 43.3 Å². The summed E-state index contributed by atoms with van der Waals surface area (Å²) in [7, 11) is 3.25. The van der Waals surface area contributed by atoms with Crippen molar-refractivity contribution in [1.82, 2.24) is 34.2 Å². The number of H-pyrrole nitrogens is 1. The van der Waals surface area contributed by atoms with Crippen LogP contribution < -0.4 is 4.74 Å². The second-order valence-corrected chi connectivity index (χ2v) is 9.32. The molecule has 0 amide bonds. The lowest BCUT2D eigenvalue weighted by Crippen LogP contribution is -2.66. The summed E-state index contributed by atoms with van der Waals surface area (Å²) < 4.78 is 29.6. The molecule has 1 N–H and O–H groups in total. The van der Waals surface area contributed by atoms with E-state index in [1.54, 1.807) is 36.4 Å². The number of benzene rings is 1. The normalized spacial score (nSPS) is 18.5. The van der Waals surface area contributed by atoms with Gasteiger partial charge in [-0.25, -0.2) is 14.4 Å². The molecule has 2 saturated heterocycles. The highest BCUT2D eigenvalue weighted by Gasteiger charge is 2.50. The summed E-state index contributed by atoms with van der Waals surface area (Å²) in [6, 6.07) is 1.79. The number of likely N-dealkylation sites (tertiary alicyclic amines) is 1. The maximum atomic E-state index is 15.3. The van der Waals surface area contributed by atoms with Crippen molar-refractivity contribution in [3.05, 3.63) is 41.5 Å². The molecule has 0 saturated carbocycles. The Hall–Kier alpha value is -2.95. The highest BCUT2D eigenvalue weighted by atomic mass is 35.5. The summed E-state index contributed by atoms with van der Waals surface area (Å²) in [5, 5.41) is 8.14. The van der Waals surface area contributed by atoms with Crippen LogP contribution in [0.15, 0.2) is 24.8 Å². The summed E-state index contributed by atoms with van der Waals surface area (Å²) in [6.07, 6.45) is 5.14. The van der Waals surface area contributed by atoms with Crippen LogP contribution in [-0.2, 0) is 11.8 Å². The number of aromatic amines is 1. The molecule has 9 nitrogen and oxygen atoms in total. The third kappa shape index (κ3) is 2.94. The average molecular weight is 472 g/mol. The Kier molecular flexibility index (Phi) is 4.55. The van der Waals surface area contributed by atoms with Crippen molar-refractivity contribution < 1.29 is 13.9 Å². The summed E-state index contributed by atoms with van der Waals surface area (Å²) in [6.45, 7) is 5.72. The molecule has 2 fully saturated rings. The van der Waals surface area contributed by atoms with Gasteiger partial charge in [-0.05, 0) is 13.0 Å². The molecule has 0 radical (unpaired) electrons. The summed E-state index contributed by atoms with van der Waals surface area (Å²) in [5.74, 6) is 0.940. The molecule has 2 aliphatic heterocycles. The fraction of sp³-hybridized carbons (Fsp3) is 0.409. The van der Waals surface area contributed by atoms with Crippen molar-refractivity contribution in [2.45, 2.75) is 13.0 Å². The SMILES string of the molecule is COc1cc2c(-n3ccnc3)c(-c3nc([C@@H](C)N4CC5(COC5)C4)n[nH]3)n(C)c2c(F)c1Cl. The van der Waals surface area contributed by atoms with Crippen molar-refractivity contribution in [2.24, 2.45) is 12.5 Å². The Balaban J connectivity index is 1.47. The van der Waals surface area contributed by atoms with Crippen LogP contribution in [0.5, 0.6) is 5.75 Å². The van der Waals surface area contributed by atoms with E-state index in [0.717, 1.165) is 26.3 Å². The number of halogens is 2. The highest BCUT2D eigenvalue weighted by molar-refractivity contribution is 6.33. The van der Waals surface area contributed by atoms with Gasteiger partial charge in [0.1, 0.15) is 16.5 Å². The molecule has 1 spiro atoms. The van der Waals surface area contributed by atoms with E-state index < -0.39 is 5.82 Å². The van der Waals surface area contributed by atoms with Gasteiger partial charge < -0.3 is 18.6 Å². The molecule has 172 valence electrons. The van der Waals surface area contributed by atoms with Crippen molar-refractivity contribution in [3.63, 3.8) is 0 Å². The Morgan fingerprint density at radius 3 is 2.76 bits per heavy atom. The predicted molar refractivity (Wildman–Crippen MR) is 120 cm³/mol. The van der Waals surface area contributed by atoms with Crippen molar-refractivity contribution in [1.29, 1.82) is 0 Å². The van der Waals surface area contributed by atoms with Gasteiger partial charge >= 0.3 is 0 Å². The fourth-order valence-corrected chi connectivity index (χ4v) is 5.19. The van der Waals surface area contributed by atoms with Gasteiger partial charge in [-0.3, -0.25) is 10.00 Å². The summed E-state index contributed by atoms with van der Waals surface area (Å²) in [4.78, 5) is 11.3. The third-order valence-corrected chi connectivity index (χ3v) is 7.17. The Morgan fingerprint density at radius 1 is 1.33 bits per heavy atom. The van der Waals surface area contributed by atoms with Crippen molar-refractivity contribution in [2.75, 3.05) is 33.4 Å². The monoisotopic (exact) mass is 471 g/mol. The topological polar surface area (TPSA) is 86.0 Å². The van der Waals surface area contributed by atoms with Gasteiger partial charge in [0.15, 0.2) is 17.5 Å². The maximum absolute atomic E-state index is 15.3. The maximum Gasteiger partial charge on any atom is 0.174 e. The lowest BCUT2D eigenvalue weighted by Gasteiger charge is -2.56. The smallest absolute Gasteiger partial charge is 0.174 e. The number of aromatic nitrogens is 6. The fourth-order valence-electron chi connectivity index (χ4n) is 4.97. The van der Waals surface area contributed by atoms with Crippen molar-refractivity contribution in [3.8, 4) is 23.0 Å². The minimum atomic E-state index is -0.553. The molecule has 1 aromatic carbocycles. The van der Waals surface area contributed by atoms with Crippen LogP contribution >= 0.6 is 11.6 Å². The van der Waals surface area contributed by atoms with Crippen molar-refractivity contribution >= 4 is 22.5 Å². The summed E-state index contributed by atoms with van der Waals surface area (Å²) >= 11 is 6.24. The molecule has 33 heavy (non-hydrogen) atoms. The van der Waals surface area contributed by atoms with Crippen LogP contribution in [0.1, 0.15) is 18.8 Å². The zero-order valence-electron chi connectivity index (χ0n) is 18.5. The highest BCUT2D eigenvalue weighted by Crippen LogP contribution is 2.43. The first-order valence-corrected chi connectivity index (χ1v) is 11.1. The standard InChI is InChI=1S/C22H23ClFN7O2/c1-12(31-7-22(8-31)9-33-10-22)20-26-21(28-27-20)19-18(30-5-4-25-11-30)13-6-14(32-3)15(23)16(24)17(13)29(19)2/h4-6,11-12H,7-10H2,1-3H3,(H,26,27,28)/t12-/m1/s1. The zero-order valence-corrected chi connectivity index (χ0v) is 19.2. The minimum absolute atomic E-state index is 0.0545. The molecular formula is C22H23ClFN7O2. The number of rotatable bonds is 5. The second-order valence-electron chi connectivity index (χ2n) is 8.95. The lowest BCUT2D eigenvalue weighted by molar-refractivity contribution is -0.198. The van der Waals surface area contributed by atoms with E-state index >= 15 is 4.39 Å². The van der Waals surface area contributed by atoms with E-state index in [0.29, 0.717) is 39.3 Å². The quantitative estimate of drug-likeness (QED) is 0.480. The molecule has 0 aliphatic carbocycles. The van der Waals surface area contributed by atoms with Crippen LogP contribution in [0.3, 0.4) is 0 Å². The number of nitrogens with one attached hydrogen (secondary N) is 1. The molecule has 5 heterocycles. The Bertz CT molecular complexity index is 1350. The van der Waals surface area contributed by atoms with E-state index in [1.807, 2.05) is 4.57 Å². The van der Waals surface area contributed by atoms with Crippen LogP contribution in [0, 0.1) is 11.2 Å². The molecule has 0 unspecified atom stereocenters. The molecule has 11 heteroatoms. The van der Waals surface area contributed by atoms with Crippen LogP contribution in [0.4, 0.5) is 4.39 Å². The number of hydrogen-bond acceptors (Lipinski definition) is 6. The number of fused-ring (bicyclic) bond motifs is 1. The molecule has 1 atom stereocenters. The molecule has 4 aromatic rings. The van der Waals surface area contributed by atoms with Gasteiger partial charge in [0.05, 0.1) is 43.9 Å². The van der Waals surface area contributed by atoms with E-state index in [1.165, 1.54) is 7.11 Å². The predicted octanol–water partition coefficient (Wildman–Crippen LogP) is 3.34. The third-order valence-electron chi connectivity index (χ3n) is 6.82. The van der Waals surface area contributed by atoms with Gasteiger partial charge in [-0.15, -0.1) is 0 Å². The first kappa shape index (κ1) is 20.6. The van der Waals surface area contributed by atoms with Gasteiger partial charge in [0.25, 0.3) is 0 Å². The van der Waals surface area contributed by atoms with Gasteiger partial charge in [-0.1, -0.05) is 11.6 Å². The molecule has 0 bridgehead atoms. The van der Waals surface area contributed by atoms with Crippen LogP contribution in [0.2, 0.25) is 5.02 Å². The second kappa shape index (κ2) is 7.28. The lowest BCUT2D eigenvalue weighted by atomic mass is 9.77. The molecular weight excluding hydrogens is 449 g/mol. The van der Waals surface area contributed by atoms with Gasteiger partial charge in [-0.2, -0.15) is 5.10 Å². The van der Waals surface area contributed by atoms with E-state index in [4.69, 9.17) is 26.1 Å². The number of aryl methyl sites for hydroxylation is 1. The van der Waals surface area contributed by atoms with E-state index in [9.17, 15) is 0 Å². The van der Waals surface area contributed by atoms with Gasteiger partial charge in [0.2, 0.25) is 0 Å². The molecule has 6 rings (SSSR count). The summed E-state index contributed by atoms with van der Waals surface area (Å²) in [5.41, 5.74) is 2.04. The number of imidazole rings is 1. The molecule has 3 aromatic heterocycles. The van der Waals surface area contributed by atoms with E-state index in [-0.39, 0.29) is 16.8 Å². The van der Waals surface area contributed by atoms with Crippen LogP contribution in [0.25, 0.3) is 28.1 Å². The Morgan fingerprint density at radius 2 is 2.12 bits per heavy atom. The number of ether oxygens (including phenoxy) is 2. The van der Waals surface area contributed by atoms with Crippen LogP contribution in [-0.4, -0.2) is 67.6 Å². The average Bonchev–Trinajstić information content (AvgIpc) is 3.47. The molecule has 2 aliphatic rings. The minimum Gasteiger partial charge on any atom is -0.495 e. The Labute approximate surface area is 194 Å².